The second-order valence-corrected chi connectivity index (χ2v) is 5.36. The van der Waals surface area contributed by atoms with Gasteiger partial charge in [0.2, 0.25) is 10.0 Å². The van der Waals surface area contributed by atoms with Crippen molar-refractivity contribution in [1.82, 2.24) is 4.72 Å². The number of hydrogen-bond acceptors (Lipinski definition) is 3. The molecule has 4 nitrogen and oxygen atoms in total. The Morgan fingerprint density at radius 2 is 2.18 bits per heavy atom. The Kier molecular flexibility index (Phi) is 4.14. The first-order valence-corrected chi connectivity index (χ1v) is 6.45. The molecule has 0 radical (unpaired) electrons. The Labute approximate surface area is 105 Å². The van der Waals surface area contributed by atoms with Gasteiger partial charge in [-0.05, 0) is 25.1 Å². The first-order valence-electron chi connectivity index (χ1n) is 4.59. The zero-order valence-electron chi connectivity index (χ0n) is 8.94. The Morgan fingerprint density at radius 3 is 2.71 bits per heavy atom. The van der Waals surface area contributed by atoms with E-state index in [-0.39, 0.29) is 15.5 Å². The molecule has 0 aliphatic heterocycles. The molecule has 0 bridgehead atoms. The highest BCUT2D eigenvalue weighted by atomic mass is 35.5. The normalized spacial score (nSPS) is 12.5. The van der Waals surface area contributed by atoms with Crippen molar-refractivity contribution in [2.75, 3.05) is 0 Å². The number of benzene rings is 1. The van der Waals surface area contributed by atoms with E-state index < -0.39 is 16.1 Å². The number of rotatable bonds is 3. The highest BCUT2D eigenvalue weighted by Gasteiger charge is 2.20. The summed E-state index contributed by atoms with van der Waals surface area (Å²) in [5.74, 6) is 2.24. The summed E-state index contributed by atoms with van der Waals surface area (Å²) in [5.41, 5.74) is 0.211. The molecule has 1 N–H and O–H groups in total. The topological polar surface area (TPSA) is 70.0 Å². The number of sulfonamides is 1. The van der Waals surface area contributed by atoms with E-state index in [9.17, 15) is 8.42 Å². The second-order valence-electron chi connectivity index (χ2n) is 3.27. The Morgan fingerprint density at radius 1 is 1.53 bits per heavy atom. The minimum Gasteiger partial charge on any atom is -0.207 e. The zero-order valence-corrected chi connectivity index (χ0v) is 10.5. The van der Waals surface area contributed by atoms with E-state index >= 15 is 0 Å². The van der Waals surface area contributed by atoms with Gasteiger partial charge in [0, 0.05) is 0 Å². The van der Waals surface area contributed by atoms with Crippen molar-refractivity contribution in [1.29, 1.82) is 5.26 Å². The van der Waals surface area contributed by atoms with Crippen LogP contribution in [0.2, 0.25) is 5.02 Å². The fourth-order valence-corrected chi connectivity index (χ4v) is 2.80. The monoisotopic (exact) mass is 268 g/mol. The summed E-state index contributed by atoms with van der Waals surface area (Å²) in [6.07, 6.45) is 5.09. The highest BCUT2D eigenvalue weighted by Crippen LogP contribution is 2.22. The van der Waals surface area contributed by atoms with Crippen molar-refractivity contribution in [2.45, 2.75) is 17.9 Å². The summed E-state index contributed by atoms with van der Waals surface area (Å²) >= 11 is 5.78. The molecule has 1 atom stereocenters. The number of nitrogens with zero attached hydrogens (tertiary/aromatic N) is 1. The van der Waals surface area contributed by atoms with E-state index in [0.29, 0.717) is 0 Å². The largest absolute Gasteiger partial charge is 0.243 e. The van der Waals surface area contributed by atoms with Crippen LogP contribution in [0.1, 0.15) is 12.5 Å². The molecule has 88 valence electrons. The third kappa shape index (κ3) is 3.21. The minimum absolute atomic E-state index is 0.0423. The average Bonchev–Trinajstić information content (AvgIpc) is 2.28. The maximum atomic E-state index is 11.9. The van der Waals surface area contributed by atoms with E-state index in [2.05, 4.69) is 10.6 Å². The van der Waals surface area contributed by atoms with Crippen LogP contribution in [-0.2, 0) is 10.0 Å². The molecule has 0 spiro atoms. The number of terminal acetylenes is 1. The van der Waals surface area contributed by atoms with Crippen molar-refractivity contribution in [3.8, 4) is 18.4 Å². The predicted octanol–water partition coefficient (Wildman–Crippen LogP) is 1.51. The second kappa shape index (κ2) is 5.20. The van der Waals surface area contributed by atoms with Crippen molar-refractivity contribution in [3.05, 3.63) is 28.8 Å². The van der Waals surface area contributed by atoms with E-state index in [1.165, 1.54) is 25.1 Å². The SMILES string of the molecule is C#CC(C)NS(=O)(=O)c1cc(C#N)ccc1Cl. The molecule has 0 aliphatic carbocycles. The molecule has 0 aliphatic rings. The van der Waals surface area contributed by atoms with Crippen LogP contribution in [0.5, 0.6) is 0 Å². The van der Waals surface area contributed by atoms with Gasteiger partial charge in [0.15, 0.2) is 0 Å². The van der Waals surface area contributed by atoms with Crippen LogP contribution in [0.4, 0.5) is 0 Å². The third-order valence-corrected chi connectivity index (χ3v) is 3.95. The number of hydrogen-bond donors (Lipinski definition) is 1. The maximum Gasteiger partial charge on any atom is 0.243 e. The molecule has 0 fully saturated rings. The Bertz CT molecular complexity index is 611. The lowest BCUT2D eigenvalue weighted by Gasteiger charge is -2.10. The lowest BCUT2D eigenvalue weighted by molar-refractivity contribution is 0.577. The van der Waals surface area contributed by atoms with Crippen LogP contribution in [0.25, 0.3) is 0 Å². The van der Waals surface area contributed by atoms with Gasteiger partial charge in [0.05, 0.1) is 22.7 Å². The summed E-state index contributed by atoms with van der Waals surface area (Å²) < 4.78 is 26.0. The smallest absolute Gasteiger partial charge is 0.207 e. The minimum atomic E-state index is -3.81. The summed E-state index contributed by atoms with van der Waals surface area (Å²) in [6, 6.07) is 5.19. The molecule has 0 heterocycles. The molecule has 0 saturated carbocycles. The molecule has 17 heavy (non-hydrogen) atoms. The van der Waals surface area contributed by atoms with Crippen LogP contribution in [0.15, 0.2) is 23.1 Å². The lowest BCUT2D eigenvalue weighted by Crippen LogP contribution is -2.31. The first kappa shape index (κ1) is 13.5. The van der Waals surface area contributed by atoms with Gasteiger partial charge in [0.25, 0.3) is 0 Å². The molecule has 0 aromatic heterocycles. The molecular formula is C11H9ClN2O2S. The fourth-order valence-electron chi connectivity index (χ4n) is 1.11. The molecule has 1 unspecified atom stereocenters. The van der Waals surface area contributed by atoms with Crippen LogP contribution in [0.3, 0.4) is 0 Å². The van der Waals surface area contributed by atoms with Crippen LogP contribution in [-0.4, -0.2) is 14.5 Å². The summed E-state index contributed by atoms with van der Waals surface area (Å²) in [5, 5.41) is 8.75. The Balaban J connectivity index is 3.25. The molecule has 0 amide bonds. The van der Waals surface area contributed by atoms with E-state index in [1.807, 2.05) is 6.07 Å². The van der Waals surface area contributed by atoms with E-state index in [1.54, 1.807) is 0 Å². The van der Waals surface area contributed by atoms with Gasteiger partial charge in [-0.2, -0.15) is 9.98 Å². The molecule has 0 saturated heterocycles. The van der Waals surface area contributed by atoms with Crippen LogP contribution >= 0.6 is 11.6 Å². The van der Waals surface area contributed by atoms with Crippen LogP contribution < -0.4 is 4.72 Å². The van der Waals surface area contributed by atoms with Crippen molar-refractivity contribution < 1.29 is 8.42 Å². The molecule has 6 heteroatoms. The molecule has 1 aromatic carbocycles. The third-order valence-electron chi connectivity index (χ3n) is 1.93. The number of halogens is 1. The maximum absolute atomic E-state index is 11.9. The van der Waals surface area contributed by atoms with Gasteiger partial charge in [-0.15, -0.1) is 6.42 Å². The van der Waals surface area contributed by atoms with Crippen molar-refractivity contribution in [2.24, 2.45) is 0 Å². The summed E-state index contributed by atoms with van der Waals surface area (Å²) in [6.45, 7) is 1.53. The zero-order chi connectivity index (χ0) is 13.1. The highest BCUT2D eigenvalue weighted by molar-refractivity contribution is 7.89. The summed E-state index contributed by atoms with van der Waals surface area (Å²) in [4.78, 5) is -0.152. The predicted molar refractivity (Wildman–Crippen MR) is 64.8 cm³/mol. The van der Waals surface area contributed by atoms with Gasteiger partial charge in [-0.25, -0.2) is 8.42 Å². The van der Waals surface area contributed by atoms with Gasteiger partial charge in [-0.1, -0.05) is 17.5 Å². The van der Waals surface area contributed by atoms with Gasteiger partial charge in [-0.3, -0.25) is 0 Å². The van der Waals surface area contributed by atoms with Gasteiger partial charge in [0.1, 0.15) is 4.90 Å². The van der Waals surface area contributed by atoms with Gasteiger partial charge < -0.3 is 0 Å². The number of nitriles is 1. The van der Waals surface area contributed by atoms with Crippen molar-refractivity contribution in [3.63, 3.8) is 0 Å². The molecule has 1 rings (SSSR count). The van der Waals surface area contributed by atoms with E-state index in [0.717, 1.165) is 0 Å². The van der Waals surface area contributed by atoms with Gasteiger partial charge >= 0.3 is 0 Å². The average molecular weight is 269 g/mol. The fraction of sp³-hybridized carbons (Fsp3) is 0.182. The quantitative estimate of drug-likeness (QED) is 0.845. The standard InChI is InChI=1S/C11H9ClN2O2S/c1-3-8(2)14-17(15,16)11-6-9(7-13)4-5-10(11)12/h1,4-6,8,14H,2H3. The molecule has 1 aromatic rings. The molecular weight excluding hydrogens is 260 g/mol. The number of nitrogens with one attached hydrogen (secondary N) is 1. The lowest BCUT2D eigenvalue weighted by atomic mass is 10.2. The van der Waals surface area contributed by atoms with Crippen LogP contribution in [0, 0.1) is 23.7 Å². The first-order chi connectivity index (χ1) is 7.90. The summed E-state index contributed by atoms with van der Waals surface area (Å²) in [7, 11) is -3.81. The Hall–Kier alpha value is -1.53. The van der Waals surface area contributed by atoms with Crippen molar-refractivity contribution >= 4 is 21.6 Å². The van der Waals surface area contributed by atoms with E-state index in [4.69, 9.17) is 23.3 Å².